The number of hydrogen-bond donors (Lipinski definition) is 1. The van der Waals surface area contributed by atoms with Crippen LogP contribution < -0.4 is 0 Å². The summed E-state index contributed by atoms with van der Waals surface area (Å²) >= 11 is 0. The molecule has 0 bridgehead atoms. The largest absolute Gasteiger partial charge is 0.508 e. The molecule has 0 fully saturated rings. The molecule has 0 aliphatic heterocycles. The Labute approximate surface area is 88.5 Å². The normalized spacial score (nSPS) is 20.5. The standard InChI is InChI=1S/C12H12N2O/c15-12-8-6-11(7-9-12)14-13-10-4-2-1-3-5-10/h1-6,8-9,11,15H,7H2. The summed E-state index contributed by atoms with van der Waals surface area (Å²) in [7, 11) is 0. The van der Waals surface area contributed by atoms with Crippen LogP contribution >= 0.6 is 0 Å². The van der Waals surface area contributed by atoms with Gasteiger partial charge in [0.1, 0.15) is 5.76 Å². The number of hydrogen-bond acceptors (Lipinski definition) is 3. The minimum absolute atomic E-state index is 0.0427. The Morgan fingerprint density at radius 1 is 1.20 bits per heavy atom. The first-order chi connectivity index (χ1) is 7.34. The van der Waals surface area contributed by atoms with Crippen molar-refractivity contribution in [1.29, 1.82) is 0 Å². The van der Waals surface area contributed by atoms with Crippen molar-refractivity contribution >= 4 is 5.69 Å². The van der Waals surface area contributed by atoms with Gasteiger partial charge in [0.25, 0.3) is 0 Å². The van der Waals surface area contributed by atoms with E-state index in [1.165, 1.54) is 0 Å². The maximum Gasteiger partial charge on any atom is 0.111 e. The predicted octanol–water partition coefficient (Wildman–Crippen LogP) is 3.54. The van der Waals surface area contributed by atoms with Crippen LogP contribution in [0, 0.1) is 0 Å². The second kappa shape index (κ2) is 4.55. The molecule has 1 N–H and O–H groups in total. The highest BCUT2D eigenvalue weighted by Gasteiger charge is 2.05. The lowest BCUT2D eigenvalue weighted by molar-refractivity contribution is 0.424. The Bertz CT molecular complexity index is 407. The number of azo groups is 1. The van der Waals surface area contributed by atoms with Gasteiger partial charge < -0.3 is 5.11 Å². The molecule has 76 valence electrons. The van der Waals surface area contributed by atoms with E-state index in [9.17, 15) is 0 Å². The summed E-state index contributed by atoms with van der Waals surface area (Å²) in [5, 5.41) is 17.4. The van der Waals surface area contributed by atoms with E-state index in [0.717, 1.165) is 5.69 Å². The molecular formula is C12H12N2O. The SMILES string of the molecule is OC1=CCC(N=Nc2ccccc2)C=C1. The zero-order valence-corrected chi connectivity index (χ0v) is 8.24. The quantitative estimate of drug-likeness (QED) is 0.729. The van der Waals surface area contributed by atoms with Gasteiger partial charge in [0.2, 0.25) is 0 Å². The number of rotatable bonds is 2. The van der Waals surface area contributed by atoms with Crippen molar-refractivity contribution in [1.82, 2.24) is 0 Å². The smallest absolute Gasteiger partial charge is 0.111 e. The Morgan fingerprint density at radius 3 is 2.67 bits per heavy atom. The van der Waals surface area contributed by atoms with E-state index in [0.29, 0.717) is 12.2 Å². The molecular weight excluding hydrogens is 188 g/mol. The van der Waals surface area contributed by atoms with Gasteiger partial charge in [0, 0.05) is 0 Å². The van der Waals surface area contributed by atoms with Crippen molar-refractivity contribution in [2.75, 3.05) is 0 Å². The van der Waals surface area contributed by atoms with Crippen LogP contribution in [0.15, 0.2) is 64.5 Å². The molecule has 1 unspecified atom stereocenters. The van der Waals surface area contributed by atoms with Gasteiger partial charge in [-0.25, -0.2) is 0 Å². The number of nitrogens with zero attached hydrogens (tertiary/aromatic N) is 2. The second-order valence-corrected chi connectivity index (χ2v) is 3.34. The molecule has 1 aromatic rings. The molecule has 15 heavy (non-hydrogen) atoms. The van der Waals surface area contributed by atoms with E-state index < -0.39 is 0 Å². The van der Waals surface area contributed by atoms with E-state index in [-0.39, 0.29) is 6.04 Å². The van der Waals surface area contributed by atoms with Gasteiger partial charge >= 0.3 is 0 Å². The van der Waals surface area contributed by atoms with Crippen molar-refractivity contribution in [3.63, 3.8) is 0 Å². The minimum atomic E-state index is 0.0427. The van der Waals surface area contributed by atoms with Gasteiger partial charge in [-0.05, 0) is 30.7 Å². The number of allylic oxidation sites excluding steroid dienone is 1. The van der Waals surface area contributed by atoms with Crippen LogP contribution in [0.25, 0.3) is 0 Å². The fourth-order valence-corrected chi connectivity index (χ4v) is 1.32. The molecule has 1 aromatic carbocycles. The van der Waals surface area contributed by atoms with Crippen LogP contribution in [0.3, 0.4) is 0 Å². The first-order valence-electron chi connectivity index (χ1n) is 4.88. The van der Waals surface area contributed by atoms with Crippen LogP contribution in [0.2, 0.25) is 0 Å². The summed E-state index contributed by atoms with van der Waals surface area (Å²) in [5.41, 5.74) is 0.852. The Hall–Kier alpha value is -1.90. The zero-order valence-electron chi connectivity index (χ0n) is 8.24. The zero-order chi connectivity index (χ0) is 10.5. The predicted molar refractivity (Wildman–Crippen MR) is 59.2 cm³/mol. The highest BCUT2D eigenvalue weighted by atomic mass is 16.3. The molecule has 1 atom stereocenters. The average Bonchev–Trinajstić information content (AvgIpc) is 2.30. The number of benzene rings is 1. The summed E-state index contributed by atoms with van der Waals surface area (Å²) in [6, 6.07) is 9.65. The summed E-state index contributed by atoms with van der Waals surface area (Å²) in [6.07, 6.45) is 5.95. The van der Waals surface area contributed by atoms with Gasteiger partial charge in [-0.15, -0.1) is 0 Å². The van der Waals surface area contributed by atoms with E-state index in [1.807, 2.05) is 36.4 Å². The van der Waals surface area contributed by atoms with Gasteiger partial charge in [-0.3, -0.25) is 0 Å². The van der Waals surface area contributed by atoms with Gasteiger partial charge in [0.05, 0.1) is 11.7 Å². The third kappa shape index (κ3) is 2.77. The van der Waals surface area contributed by atoms with Crippen molar-refractivity contribution in [2.45, 2.75) is 12.5 Å². The molecule has 0 radical (unpaired) electrons. The first kappa shape index (κ1) is 9.65. The van der Waals surface area contributed by atoms with Crippen LogP contribution in [-0.2, 0) is 0 Å². The molecule has 3 heteroatoms. The summed E-state index contributed by atoms with van der Waals surface area (Å²) in [6.45, 7) is 0. The number of aliphatic hydroxyl groups excluding tert-OH is 1. The highest BCUT2D eigenvalue weighted by Crippen LogP contribution is 2.15. The van der Waals surface area contributed by atoms with E-state index >= 15 is 0 Å². The molecule has 3 nitrogen and oxygen atoms in total. The van der Waals surface area contributed by atoms with Gasteiger partial charge in [0.15, 0.2) is 0 Å². The lowest BCUT2D eigenvalue weighted by Crippen LogP contribution is -2.01. The van der Waals surface area contributed by atoms with Crippen LogP contribution in [0.5, 0.6) is 0 Å². The average molecular weight is 200 g/mol. The fraction of sp³-hybridized carbons (Fsp3) is 0.167. The summed E-state index contributed by atoms with van der Waals surface area (Å²) < 4.78 is 0. The maximum atomic E-state index is 9.11. The summed E-state index contributed by atoms with van der Waals surface area (Å²) in [4.78, 5) is 0. The molecule has 0 aromatic heterocycles. The molecule has 1 aliphatic rings. The lowest BCUT2D eigenvalue weighted by atomic mass is 10.1. The molecule has 1 aliphatic carbocycles. The molecule has 0 amide bonds. The topological polar surface area (TPSA) is 45.0 Å². The third-order valence-electron chi connectivity index (χ3n) is 2.14. The van der Waals surface area contributed by atoms with Crippen molar-refractivity contribution < 1.29 is 5.11 Å². The first-order valence-corrected chi connectivity index (χ1v) is 4.88. The maximum absolute atomic E-state index is 9.11. The fourth-order valence-electron chi connectivity index (χ4n) is 1.32. The second-order valence-electron chi connectivity index (χ2n) is 3.34. The highest BCUT2D eigenvalue weighted by molar-refractivity contribution is 5.34. The number of aliphatic hydroxyl groups is 1. The van der Waals surface area contributed by atoms with Crippen LogP contribution in [0.4, 0.5) is 5.69 Å². The van der Waals surface area contributed by atoms with Crippen LogP contribution in [-0.4, -0.2) is 11.1 Å². The Morgan fingerprint density at radius 2 is 2.00 bits per heavy atom. The van der Waals surface area contributed by atoms with Crippen molar-refractivity contribution in [3.05, 3.63) is 54.3 Å². The molecule has 0 saturated heterocycles. The molecule has 2 rings (SSSR count). The molecule has 0 spiro atoms. The van der Waals surface area contributed by atoms with Gasteiger partial charge in [-0.1, -0.05) is 24.3 Å². The molecule has 0 saturated carbocycles. The monoisotopic (exact) mass is 200 g/mol. The lowest BCUT2D eigenvalue weighted by Gasteiger charge is -2.07. The molecule has 0 heterocycles. The Balaban J connectivity index is 1.99. The van der Waals surface area contributed by atoms with E-state index in [4.69, 9.17) is 5.11 Å². The van der Waals surface area contributed by atoms with Gasteiger partial charge in [-0.2, -0.15) is 10.2 Å². The van der Waals surface area contributed by atoms with Crippen molar-refractivity contribution in [3.8, 4) is 0 Å². The van der Waals surface area contributed by atoms with Crippen LogP contribution in [0.1, 0.15) is 6.42 Å². The minimum Gasteiger partial charge on any atom is -0.508 e. The van der Waals surface area contributed by atoms with E-state index in [1.54, 1.807) is 12.2 Å². The summed E-state index contributed by atoms with van der Waals surface area (Å²) in [5.74, 6) is 0.307. The third-order valence-corrected chi connectivity index (χ3v) is 2.14. The van der Waals surface area contributed by atoms with E-state index in [2.05, 4.69) is 10.2 Å². The Kier molecular flexibility index (Phi) is 2.93. The van der Waals surface area contributed by atoms with Crippen molar-refractivity contribution in [2.24, 2.45) is 10.2 Å².